The fourth-order valence-corrected chi connectivity index (χ4v) is 10.1. The number of alkyl carbamates (subject to hydrolysis) is 1. The van der Waals surface area contributed by atoms with E-state index in [9.17, 15) is 14.7 Å². The van der Waals surface area contributed by atoms with Gasteiger partial charge in [-0.2, -0.15) is 0 Å². The van der Waals surface area contributed by atoms with Gasteiger partial charge >= 0.3 is 12.1 Å². The van der Waals surface area contributed by atoms with E-state index in [0.717, 1.165) is 27.1 Å². The van der Waals surface area contributed by atoms with E-state index in [2.05, 4.69) is 11.4 Å². The summed E-state index contributed by atoms with van der Waals surface area (Å²) in [6, 6.07) is 16.7. The molecule has 316 valence electrons. The lowest BCUT2D eigenvalue weighted by Gasteiger charge is -2.47. The minimum absolute atomic E-state index is 0.0323. The van der Waals surface area contributed by atoms with Crippen LogP contribution < -0.4 is 5.32 Å². The number of benzene rings is 3. The Morgan fingerprint density at radius 1 is 0.914 bits per heavy atom. The SMILES string of the molecule is CC[C@H]1OC(=O)C(C)(Cc2c3ccccc3cc3ccccc23)C(=O)[C@H](C)[C@@H](OC2O[C@H](C)C[C@H](N(C)C)[C@H]2O)[C@@](C)(OC)C[C@@H](C)C(=O)[C@H](C)C2NC(=O)OC21C. The lowest BCUT2D eigenvalue weighted by Crippen LogP contribution is -2.61. The van der Waals surface area contributed by atoms with Crippen LogP contribution >= 0.6 is 0 Å². The molecule has 3 heterocycles. The summed E-state index contributed by atoms with van der Waals surface area (Å²) in [5.41, 5.74) is -3.80. The number of rotatable bonds is 7. The summed E-state index contributed by atoms with van der Waals surface area (Å²) >= 11 is 0. The minimum Gasteiger partial charge on any atom is -0.457 e. The average molecular weight is 803 g/mol. The number of carbonyl (C=O) groups is 4. The summed E-state index contributed by atoms with van der Waals surface area (Å²) in [7, 11) is 5.26. The van der Waals surface area contributed by atoms with Gasteiger partial charge in [-0.1, -0.05) is 76.2 Å². The third-order valence-electron chi connectivity index (χ3n) is 13.5. The third kappa shape index (κ3) is 7.78. The summed E-state index contributed by atoms with van der Waals surface area (Å²) in [6.07, 6.45) is -4.54. The number of nitrogens with one attached hydrogen (secondary N) is 1. The number of likely N-dealkylation sites (N-methyl/N-ethyl adjacent to an activating group) is 1. The van der Waals surface area contributed by atoms with E-state index >= 15 is 9.59 Å². The number of hydrogen-bond donors (Lipinski definition) is 2. The molecule has 3 saturated heterocycles. The topological polar surface area (TPSA) is 150 Å². The molecule has 3 fully saturated rings. The molecule has 0 radical (unpaired) electrons. The highest BCUT2D eigenvalue weighted by Crippen LogP contribution is 2.44. The lowest BCUT2D eigenvalue weighted by atomic mass is 9.69. The van der Waals surface area contributed by atoms with Crippen molar-refractivity contribution < 1.29 is 48.0 Å². The molecule has 12 nitrogen and oxygen atoms in total. The number of methoxy groups -OCH3 is 1. The summed E-state index contributed by atoms with van der Waals surface area (Å²) < 4.78 is 31.8. The molecule has 6 rings (SSSR count). The highest BCUT2D eigenvalue weighted by atomic mass is 16.7. The van der Waals surface area contributed by atoms with Gasteiger partial charge in [-0.3, -0.25) is 14.4 Å². The number of aliphatic hydroxyl groups is 1. The van der Waals surface area contributed by atoms with Crippen molar-refractivity contribution in [3.8, 4) is 0 Å². The first kappa shape index (κ1) is 43.6. The lowest BCUT2D eigenvalue weighted by molar-refractivity contribution is -0.295. The van der Waals surface area contributed by atoms with Gasteiger partial charge in [0.2, 0.25) is 0 Å². The quantitative estimate of drug-likeness (QED) is 0.155. The zero-order chi connectivity index (χ0) is 42.5. The first-order valence-corrected chi connectivity index (χ1v) is 20.7. The fraction of sp³-hybridized carbons (Fsp3) is 0.609. The van der Waals surface area contributed by atoms with Crippen LogP contribution in [-0.2, 0) is 44.5 Å². The van der Waals surface area contributed by atoms with Crippen LogP contribution in [0.2, 0.25) is 0 Å². The largest absolute Gasteiger partial charge is 0.457 e. The van der Waals surface area contributed by atoms with Gasteiger partial charge in [0.05, 0.1) is 23.9 Å². The summed E-state index contributed by atoms with van der Waals surface area (Å²) in [4.78, 5) is 60.3. The molecule has 0 saturated carbocycles. The van der Waals surface area contributed by atoms with E-state index in [1.807, 2.05) is 81.4 Å². The normalized spacial score (nSPS) is 37.9. The van der Waals surface area contributed by atoms with E-state index in [1.54, 1.807) is 41.5 Å². The van der Waals surface area contributed by atoms with Crippen LogP contribution in [0, 0.1) is 23.2 Å². The number of ether oxygens (including phenoxy) is 5. The molecule has 3 aliphatic rings. The Labute approximate surface area is 342 Å². The number of Topliss-reactive ketones (excluding diaryl/α,β-unsaturated/α-hetero) is 2. The summed E-state index contributed by atoms with van der Waals surface area (Å²) in [6.45, 7) is 14.0. The number of ketones is 2. The molecule has 13 atom stereocenters. The Kier molecular flexibility index (Phi) is 12.5. The van der Waals surface area contributed by atoms with E-state index < -0.39 is 82.9 Å². The first-order valence-electron chi connectivity index (χ1n) is 20.7. The number of nitrogens with zero attached hydrogens (tertiary/aromatic N) is 1. The van der Waals surface area contributed by atoms with Crippen LogP contribution in [0.4, 0.5) is 4.79 Å². The van der Waals surface area contributed by atoms with Crippen LogP contribution in [0.15, 0.2) is 54.6 Å². The zero-order valence-electron chi connectivity index (χ0n) is 35.9. The molecule has 0 aliphatic carbocycles. The molecule has 0 bridgehead atoms. The second-order valence-corrected chi connectivity index (χ2v) is 17.9. The maximum absolute atomic E-state index is 15.7. The maximum Gasteiger partial charge on any atom is 0.408 e. The van der Waals surface area contributed by atoms with E-state index in [0.29, 0.717) is 6.42 Å². The molecule has 3 aromatic rings. The number of fused-ring (bicyclic) bond motifs is 3. The van der Waals surface area contributed by atoms with Gasteiger partial charge in [0, 0.05) is 30.9 Å². The summed E-state index contributed by atoms with van der Waals surface area (Å²) in [5, 5.41) is 18.2. The van der Waals surface area contributed by atoms with Gasteiger partial charge in [0.25, 0.3) is 0 Å². The van der Waals surface area contributed by atoms with Gasteiger partial charge in [0.1, 0.15) is 23.4 Å². The molecule has 0 aromatic heterocycles. The van der Waals surface area contributed by atoms with Crippen LogP contribution in [0.1, 0.15) is 80.2 Å². The van der Waals surface area contributed by atoms with Crippen LogP contribution in [-0.4, -0.2) is 109 Å². The van der Waals surface area contributed by atoms with Crippen molar-refractivity contribution in [3.05, 3.63) is 60.2 Å². The molecule has 3 aromatic carbocycles. The predicted molar refractivity (Wildman–Crippen MR) is 220 cm³/mol. The maximum atomic E-state index is 15.7. The summed E-state index contributed by atoms with van der Waals surface area (Å²) in [5.74, 6) is -3.93. The number of hydrogen-bond acceptors (Lipinski definition) is 11. The first-order chi connectivity index (χ1) is 27.3. The van der Waals surface area contributed by atoms with Crippen molar-refractivity contribution in [1.29, 1.82) is 0 Å². The molecular weight excluding hydrogens is 741 g/mol. The van der Waals surface area contributed by atoms with Crippen molar-refractivity contribution >= 4 is 45.2 Å². The van der Waals surface area contributed by atoms with E-state index in [4.69, 9.17) is 23.7 Å². The van der Waals surface area contributed by atoms with Gasteiger partial charge in [0.15, 0.2) is 17.7 Å². The monoisotopic (exact) mass is 802 g/mol. The molecule has 0 spiro atoms. The second kappa shape index (κ2) is 16.6. The fourth-order valence-electron chi connectivity index (χ4n) is 10.1. The number of aliphatic hydroxyl groups excluding tert-OH is 1. The van der Waals surface area contributed by atoms with Crippen molar-refractivity contribution in [3.63, 3.8) is 0 Å². The standard InChI is InChI=1S/C46H62N2O10/c1-12-35-46(8)38(47-43(53)58-46)27(4)36(49)25(2)23-45(7,54-11)40(57-41-37(50)34(48(9)10)21-26(3)55-41)28(5)39(51)44(6,42(52)56-35)24-33-31-19-15-13-17-29(31)22-30-18-14-16-20-32(30)33/h13-20,22,25-28,34-35,37-38,40-41,50H,12,21,23-24H2,1-11H3,(H,47,53)/t25-,26-,27+,28+,34+,35-,37-,38?,40-,41?,44?,45+,46?/m1/s1. The number of amides is 1. The highest BCUT2D eigenvalue weighted by molar-refractivity contribution is 6.08. The van der Waals surface area contributed by atoms with E-state index in [-0.39, 0.29) is 37.2 Å². The van der Waals surface area contributed by atoms with Crippen LogP contribution in [0.5, 0.6) is 0 Å². The average Bonchev–Trinajstić information content (AvgIpc) is 3.51. The van der Waals surface area contributed by atoms with Crippen LogP contribution in [0.25, 0.3) is 21.5 Å². The van der Waals surface area contributed by atoms with Crippen molar-refractivity contribution in [2.45, 2.75) is 135 Å². The zero-order valence-corrected chi connectivity index (χ0v) is 35.9. The van der Waals surface area contributed by atoms with Gasteiger partial charge in [-0.05, 0) is 101 Å². The highest BCUT2D eigenvalue weighted by Gasteiger charge is 2.59. The third-order valence-corrected chi connectivity index (χ3v) is 13.5. The molecule has 12 heteroatoms. The Morgan fingerprint density at radius 3 is 2.09 bits per heavy atom. The minimum atomic E-state index is -1.83. The Hall–Kier alpha value is -3.94. The van der Waals surface area contributed by atoms with Gasteiger partial charge < -0.3 is 39.0 Å². The predicted octanol–water partition coefficient (Wildman–Crippen LogP) is 6.40. The Balaban J connectivity index is 1.56. The number of cyclic esters (lactones) is 1. The molecule has 2 N–H and O–H groups in total. The van der Waals surface area contributed by atoms with E-state index in [1.165, 1.54) is 7.11 Å². The molecule has 58 heavy (non-hydrogen) atoms. The van der Waals surface area contributed by atoms with Crippen molar-refractivity contribution in [2.24, 2.45) is 23.2 Å². The molecule has 3 aliphatic heterocycles. The van der Waals surface area contributed by atoms with Crippen LogP contribution in [0.3, 0.4) is 0 Å². The Bertz CT molecular complexity index is 1980. The smallest absolute Gasteiger partial charge is 0.408 e. The number of carbonyl (C=O) groups excluding carboxylic acids is 4. The van der Waals surface area contributed by atoms with Gasteiger partial charge in [-0.25, -0.2) is 4.79 Å². The molecular formula is C46H62N2O10. The van der Waals surface area contributed by atoms with Gasteiger partial charge in [-0.15, -0.1) is 0 Å². The number of esters is 1. The molecule has 1 amide bonds. The molecule has 4 unspecified atom stereocenters. The Morgan fingerprint density at radius 2 is 1.52 bits per heavy atom. The van der Waals surface area contributed by atoms with Crippen molar-refractivity contribution in [2.75, 3.05) is 21.2 Å². The second-order valence-electron chi connectivity index (χ2n) is 17.9. The van der Waals surface area contributed by atoms with Crippen molar-refractivity contribution in [1.82, 2.24) is 10.2 Å².